The van der Waals surface area contributed by atoms with Crippen LogP contribution in [0.2, 0.25) is 12.6 Å². The van der Waals surface area contributed by atoms with Crippen LogP contribution in [0.15, 0.2) is 42.5 Å². The zero-order valence-corrected chi connectivity index (χ0v) is 9.82. The molecule has 1 unspecified atom stereocenters. The molecular weight excluding hydrogens is 196 g/mol. The average molecular weight is 211 g/mol. The summed E-state index contributed by atoms with van der Waals surface area (Å²) in [6.07, 6.45) is 5.44. The van der Waals surface area contributed by atoms with E-state index in [1.807, 2.05) is 6.07 Å². The fourth-order valence-electron chi connectivity index (χ4n) is 1.12. The van der Waals surface area contributed by atoms with Crippen LogP contribution >= 0.6 is 11.1 Å². The van der Waals surface area contributed by atoms with Gasteiger partial charge in [0, 0.05) is 0 Å². The Kier molecular flexibility index (Phi) is 4.87. The van der Waals surface area contributed by atoms with Gasteiger partial charge in [-0.1, -0.05) is 49.0 Å². The fourth-order valence-corrected chi connectivity index (χ4v) is 1.99. The van der Waals surface area contributed by atoms with Crippen molar-refractivity contribution in [1.29, 1.82) is 0 Å². The van der Waals surface area contributed by atoms with Gasteiger partial charge in [-0.3, -0.25) is 0 Å². The summed E-state index contributed by atoms with van der Waals surface area (Å²) in [7, 11) is -0.911. The molecule has 2 heteroatoms. The first kappa shape index (κ1) is 10.5. The molecule has 0 aliphatic rings. The summed E-state index contributed by atoms with van der Waals surface area (Å²) in [4.78, 5) is 0. The molecule has 0 aromatic heterocycles. The number of halogens is 1. The molecule has 0 spiro atoms. The van der Waals surface area contributed by atoms with Crippen molar-refractivity contribution in [3.63, 3.8) is 0 Å². The van der Waals surface area contributed by atoms with Crippen molar-refractivity contribution in [3.8, 4) is 0 Å². The maximum atomic E-state index is 5.95. The maximum Gasteiger partial charge on any atom is 0.141 e. The molecule has 0 nitrogen and oxygen atoms in total. The van der Waals surface area contributed by atoms with E-state index in [1.165, 1.54) is 5.56 Å². The number of benzene rings is 1. The monoisotopic (exact) mass is 210 g/mol. The molecule has 1 aromatic carbocycles. The predicted molar refractivity (Wildman–Crippen MR) is 63.0 cm³/mol. The highest BCUT2D eigenvalue weighted by Crippen LogP contribution is 2.02. The van der Waals surface area contributed by atoms with Crippen LogP contribution in [0.4, 0.5) is 0 Å². The van der Waals surface area contributed by atoms with E-state index in [9.17, 15) is 0 Å². The van der Waals surface area contributed by atoms with Crippen LogP contribution in [0.3, 0.4) is 0 Å². The Balaban J connectivity index is 2.31. The van der Waals surface area contributed by atoms with Gasteiger partial charge in [-0.25, -0.2) is 0 Å². The quantitative estimate of drug-likeness (QED) is 0.406. The zero-order chi connectivity index (χ0) is 9.52. The van der Waals surface area contributed by atoms with E-state index in [0.29, 0.717) is 0 Å². The van der Waals surface area contributed by atoms with Crippen molar-refractivity contribution in [1.82, 2.24) is 0 Å². The lowest BCUT2D eigenvalue weighted by molar-refractivity contribution is 1.26. The molecule has 0 aliphatic carbocycles. The molecule has 0 heterocycles. The molecule has 0 saturated heterocycles. The smallest absolute Gasteiger partial charge is 0.141 e. The van der Waals surface area contributed by atoms with Gasteiger partial charge in [-0.05, 0) is 18.0 Å². The second kappa shape index (κ2) is 6.00. The minimum atomic E-state index is -0.911. The van der Waals surface area contributed by atoms with Gasteiger partial charge >= 0.3 is 0 Å². The summed E-state index contributed by atoms with van der Waals surface area (Å²) in [5.41, 5.74) is 1.36. The van der Waals surface area contributed by atoms with Gasteiger partial charge in [0.15, 0.2) is 0 Å². The third-order valence-corrected chi connectivity index (χ3v) is 3.28. The normalized spacial score (nSPS) is 13.4. The molecular formula is C11H15ClSi. The molecule has 0 amide bonds. The highest BCUT2D eigenvalue weighted by Gasteiger charge is 1.92. The second-order valence-electron chi connectivity index (χ2n) is 3.18. The standard InChI is InChI=1S/C11H15ClSi/c1-13(12)10-6-5-9-11-7-3-2-4-8-11/h2-8,13H,9-10H2,1H3. The summed E-state index contributed by atoms with van der Waals surface area (Å²) in [5, 5.41) is 0. The first-order chi connectivity index (χ1) is 6.29. The molecule has 0 aliphatic heterocycles. The highest BCUT2D eigenvalue weighted by molar-refractivity contribution is 7.06. The van der Waals surface area contributed by atoms with Crippen LogP contribution in [0.5, 0.6) is 0 Å². The largest absolute Gasteiger partial charge is 0.172 e. The molecule has 0 fully saturated rings. The van der Waals surface area contributed by atoms with Crippen molar-refractivity contribution >= 4 is 19.2 Å². The van der Waals surface area contributed by atoms with Crippen molar-refractivity contribution in [2.45, 2.75) is 19.0 Å². The molecule has 0 N–H and O–H groups in total. The lowest BCUT2D eigenvalue weighted by Gasteiger charge is -1.95. The number of hydrogen-bond acceptors (Lipinski definition) is 0. The van der Waals surface area contributed by atoms with E-state index in [1.54, 1.807) is 0 Å². The van der Waals surface area contributed by atoms with E-state index in [-0.39, 0.29) is 0 Å². The third-order valence-electron chi connectivity index (χ3n) is 1.82. The van der Waals surface area contributed by atoms with E-state index in [4.69, 9.17) is 11.1 Å². The second-order valence-corrected chi connectivity index (χ2v) is 7.45. The van der Waals surface area contributed by atoms with Crippen LogP contribution in [-0.2, 0) is 6.42 Å². The van der Waals surface area contributed by atoms with Crippen LogP contribution < -0.4 is 0 Å². The first-order valence-electron chi connectivity index (χ1n) is 4.62. The van der Waals surface area contributed by atoms with Crippen molar-refractivity contribution in [2.75, 3.05) is 0 Å². The summed E-state index contributed by atoms with van der Waals surface area (Å²) >= 11 is 5.95. The van der Waals surface area contributed by atoms with Crippen LogP contribution in [0.1, 0.15) is 5.56 Å². The summed E-state index contributed by atoms with van der Waals surface area (Å²) in [6, 6.07) is 11.6. The van der Waals surface area contributed by atoms with Gasteiger partial charge in [0.05, 0.1) is 0 Å². The molecule has 1 aromatic rings. The Labute approximate surface area is 86.6 Å². The first-order valence-corrected chi connectivity index (χ1v) is 8.33. The Bertz CT molecular complexity index is 254. The molecule has 0 saturated carbocycles. The van der Waals surface area contributed by atoms with Gasteiger partial charge in [0.2, 0.25) is 0 Å². The van der Waals surface area contributed by atoms with Gasteiger partial charge < -0.3 is 0 Å². The van der Waals surface area contributed by atoms with E-state index in [2.05, 4.69) is 43.0 Å². The van der Waals surface area contributed by atoms with Crippen molar-refractivity contribution in [2.24, 2.45) is 0 Å². The zero-order valence-electron chi connectivity index (χ0n) is 7.91. The number of allylic oxidation sites excluding steroid dienone is 2. The SMILES string of the molecule is C[SiH](Cl)CC=CCc1ccccc1. The molecule has 1 atom stereocenters. The fraction of sp³-hybridized carbons (Fsp3) is 0.273. The number of hydrogen-bond donors (Lipinski definition) is 0. The lowest BCUT2D eigenvalue weighted by Crippen LogP contribution is -1.91. The third kappa shape index (κ3) is 4.91. The number of rotatable bonds is 4. The van der Waals surface area contributed by atoms with Gasteiger partial charge in [0.25, 0.3) is 0 Å². The summed E-state index contributed by atoms with van der Waals surface area (Å²) < 4.78 is 0. The molecule has 1 rings (SSSR count). The van der Waals surface area contributed by atoms with E-state index >= 15 is 0 Å². The molecule has 13 heavy (non-hydrogen) atoms. The summed E-state index contributed by atoms with van der Waals surface area (Å²) in [5.74, 6) is 0. The van der Waals surface area contributed by atoms with Gasteiger partial charge in [-0.2, -0.15) is 11.1 Å². The topological polar surface area (TPSA) is 0 Å². The van der Waals surface area contributed by atoms with Crippen LogP contribution in [0, 0.1) is 0 Å². The minimum absolute atomic E-state index is 0.911. The van der Waals surface area contributed by atoms with Crippen molar-refractivity contribution in [3.05, 3.63) is 48.0 Å². The predicted octanol–water partition coefficient (Wildman–Crippen LogP) is 3.38. The molecule has 70 valence electrons. The highest BCUT2D eigenvalue weighted by atomic mass is 35.6. The molecule has 0 bridgehead atoms. The van der Waals surface area contributed by atoms with Crippen LogP contribution in [0.25, 0.3) is 0 Å². The van der Waals surface area contributed by atoms with Gasteiger partial charge in [-0.15, -0.1) is 0 Å². The average Bonchev–Trinajstić information content (AvgIpc) is 2.14. The Morgan fingerprint density at radius 2 is 1.92 bits per heavy atom. The van der Waals surface area contributed by atoms with Crippen LogP contribution in [-0.4, -0.2) is 8.11 Å². The van der Waals surface area contributed by atoms with E-state index in [0.717, 1.165) is 12.5 Å². The molecule has 0 radical (unpaired) electrons. The Morgan fingerprint density at radius 1 is 1.23 bits per heavy atom. The Morgan fingerprint density at radius 3 is 2.54 bits per heavy atom. The summed E-state index contributed by atoms with van der Waals surface area (Å²) in [6.45, 7) is 2.15. The van der Waals surface area contributed by atoms with Crippen molar-refractivity contribution < 1.29 is 0 Å². The van der Waals surface area contributed by atoms with E-state index < -0.39 is 8.11 Å². The maximum absolute atomic E-state index is 5.95. The Hall–Kier alpha value is -0.533. The lowest BCUT2D eigenvalue weighted by atomic mass is 10.1. The van der Waals surface area contributed by atoms with Gasteiger partial charge in [0.1, 0.15) is 8.11 Å². The minimum Gasteiger partial charge on any atom is -0.172 e.